The van der Waals surface area contributed by atoms with Gasteiger partial charge in [-0.3, -0.25) is 43.2 Å². The number of para-hydroxylation sites is 1. The topological polar surface area (TPSA) is 383 Å². The lowest BCUT2D eigenvalue weighted by Crippen LogP contribution is -2.59. The van der Waals surface area contributed by atoms with Crippen LogP contribution in [0.2, 0.25) is 0 Å². The minimum Gasteiger partial charge on any atom is -0.481 e. The number of carboxylic acids is 3. The van der Waals surface area contributed by atoms with Gasteiger partial charge in [-0.2, -0.15) is 0 Å². The maximum atomic E-state index is 14.0. The number of H-pyrrole nitrogens is 1. The summed E-state index contributed by atoms with van der Waals surface area (Å²) in [5.74, 6) is -11.6. The van der Waals surface area contributed by atoms with E-state index in [9.17, 15) is 58.2 Å². The van der Waals surface area contributed by atoms with Gasteiger partial charge in [0, 0.05) is 36.5 Å². The normalized spacial score (nSPS) is 16.2. The molecule has 310 valence electrons. The van der Waals surface area contributed by atoms with Gasteiger partial charge in [0.05, 0.1) is 26.0 Å². The summed E-state index contributed by atoms with van der Waals surface area (Å²) in [6, 6.07) is -2.15. The Morgan fingerprint density at radius 3 is 2.12 bits per heavy atom. The molecule has 6 atom stereocenters. The Bertz CT molecular complexity index is 1870. The quantitative estimate of drug-likeness (QED) is 0.0533. The van der Waals surface area contributed by atoms with Gasteiger partial charge in [-0.1, -0.05) is 18.2 Å². The molecule has 14 N–H and O–H groups in total. The highest BCUT2D eigenvalue weighted by Gasteiger charge is 2.38. The molecule has 3 rings (SSSR count). The van der Waals surface area contributed by atoms with Crippen LogP contribution >= 0.6 is 0 Å². The number of aromatic amines is 1. The molecule has 0 saturated carbocycles. The van der Waals surface area contributed by atoms with E-state index in [0.29, 0.717) is 22.9 Å². The Labute approximate surface area is 323 Å². The molecule has 0 unspecified atom stereocenters. The van der Waals surface area contributed by atoms with Crippen molar-refractivity contribution in [3.63, 3.8) is 0 Å². The number of likely N-dealkylation sites (tertiary alicyclic amines) is 1. The van der Waals surface area contributed by atoms with Crippen molar-refractivity contribution in [2.45, 2.75) is 81.2 Å². The summed E-state index contributed by atoms with van der Waals surface area (Å²) in [7, 11) is 0. The number of carbonyl (C=O) groups excluding carboxylic acids is 7. The molecule has 0 radical (unpaired) electrons. The van der Waals surface area contributed by atoms with E-state index in [2.05, 4.69) is 26.3 Å². The number of hydrogen-bond acceptors (Lipinski definition) is 12. The highest BCUT2D eigenvalue weighted by atomic mass is 16.4. The third-order valence-corrected chi connectivity index (χ3v) is 8.84. The molecule has 1 fully saturated rings. The zero-order valence-electron chi connectivity index (χ0n) is 30.4. The first-order valence-electron chi connectivity index (χ1n) is 17.6. The average Bonchev–Trinajstić information content (AvgIpc) is 3.81. The molecule has 2 heterocycles. The highest BCUT2D eigenvalue weighted by molar-refractivity contribution is 5.98. The maximum Gasteiger partial charge on any atom is 0.326 e. The van der Waals surface area contributed by atoms with Crippen LogP contribution in [0.25, 0.3) is 10.9 Å². The van der Waals surface area contributed by atoms with Crippen molar-refractivity contribution < 1.29 is 68.4 Å². The average molecular weight is 804 g/mol. The molecule has 1 aromatic heterocycles. The number of carbonyl (C=O) groups is 10. The van der Waals surface area contributed by atoms with E-state index in [4.69, 9.17) is 21.7 Å². The van der Waals surface area contributed by atoms with Gasteiger partial charge in [0.2, 0.25) is 41.4 Å². The third-order valence-electron chi connectivity index (χ3n) is 8.84. The summed E-state index contributed by atoms with van der Waals surface area (Å²) in [5, 5.41) is 48.5. The van der Waals surface area contributed by atoms with Crippen molar-refractivity contribution in [2.75, 3.05) is 19.7 Å². The summed E-state index contributed by atoms with van der Waals surface area (Å²) in [4.78, 5) is 129. The van der Waals surface area contributed by atoms with E-state index >= 15 is 0 Å². The number of aliphatic carboxylic acids is 3. The molecule has 7 amide bonds. The fourth-order valence-electron chi connectivity index (χ4n) is 5.99. The molecule has 1 aromatic carbocycles. The summed E-state index contributed by atoms with van der Waals surface area (Å²) >= 11 is 0. The van der Waals surface area contributed by atoms with Crippen LogP contribution in [0.3, 0.4) is 0 Å². The highest BCUT2D eigenvalue weighted by Crippen LogP contribution is 2.21. The standard InChI is InChI=1S/C34H45N9O14/c35-18(15-44)33(55)43-9-3-6-24(43)32(54)42-21(10-16-13-37-19-5-2-1-4-17(16)19)30(52)41-22(11-25(36)45)31(53)40-20(7-8-27(47)48)29(51)38-14-26(46)39-23(34(56)57)12-28(49)50/h1-2,4-5,13,18,20-24,37,44H,3,6-12,14-15,35H2,(H2,36,45)(H,38,51)(H,39,46)(H,40,53)(H,41,52)(H,42,54)(H,47,48)(H,49,50)(H,56,57)/t18-,20-,21-,22-,23-,24-/m0/s1. The molecule has 1 aliphatic rings. The summed E-state index contributed by atoms with van der Waals surface area (Å²) in [6.45, 7) is -1.44. The Hall–Kier alpha value is -6.62. The van der Waals surface area contributed by atoms with Crippen LogP contribution in [-0.2, 0) is 54.4 Å². The molecule has 1 saturated heterocycles. The van der Waals surface area contributed by atoms with E-state index in [0.717, 1.165) is 0 Å². The van der Waals surface area contributed by atoms with E-state index in [1.165, 1.54) is 4.90 Å². The predicted octanol–water partition coefficient (Wildman–Crippen LogP) is -4.62. The van der Waals surface area contributed by atoms with Gasteiger partial charge in [-0.05, 0) is 30.9 Å². The minimum absolute atomic E-state index is 0.152. The first kappa shape index (κ1) is 44.8. The number of fused-ring (bicyclic) bond motifs is 1. The SMILES string of the molecule is NC(=O)C[C@H](NC(=O)[C@H](Cc1c[nH]c2ccccc12)NC(=O)[C@@H]1CCCN1C(=O)[C@@H](N)CO)C(=O)N[C@@H](CCC(=O)O)C(=O)NCC(=O)N[C@@H](CC(=O)O)C(=O)O. The van der Waals surface area contributed by atoms with Crippen molar-refractivity contribution in [1.82, 2.24) is 36.5 Å². The second-order valence-corrected chi connectivity index (χ2v) is 13.1. The second kappa shape index (κ2) is 20.9. The van der Waals surface area contributed by atoms with Crippen molar-refractivity contribution >= 4 is 70.2 Å². The number of carboxylic acid groups (broad SMARTS) is 3. The number of benzene rings is 1. The number of aliphatic hydroxyl groups excluding tert-OH is 1. The molecular formula is C34H45N9O14. The van der Waals surface area contributed by atoms with E-state index < -0.39 is 134 Å². The van der Waals surface area contributed by atoms with Gasteiger partial charge in [-0.15, -0.1) is 0 Å². The zero-order valence-corrected chi connectivity index (χ0v) is 30.4. The molecule has 0 aliphatic carbocycles. The number of nitrogens with one attached hydrogen (secondary N) is 6. The molecular weight excluding hydrogens is 758 g/mol. The fraction of sp³-hybridized carbons (Fsp3) is 0.471. The number of amides is 7. The Balaban J connectivity index is 1.84. The number of aliphatic hydroxyl groups is 1. The summed E-state index contributed by atoms with van der Waals surface area (Å²) < 4.78 is 0. The number of aromatic nitrogens is 1. The number of hydrogen-bond donors (Lipinski definition) is 12. The number of primary amides is 1. The van der Waals surface area contributed by atoms with Crippen LogP contribution in [0.1, 0.15) is 44.1 Å². The van der Waals surface area contributed by atoms with E-state index in [1.807, 2.05) is 5.32 Å². The number of rotatable bonds is 22. The molecule has 2 aromatic rings. The molecule has 57 heavy (non-hydrogen) atoms. The number of nitrogens with zero attached hydrogens (tertiary/aromatic N) is 1. The largest absolute Gasteiger partial charge is 0.481 e. The van der Waals surface area contributed by atoms with Gasteiger partial charge in [0.1, 0.15) is 36.3 Å². The number of nitrogens with two attached hydrogens (primary N) is 2. The van der Waals surface area contributed by atoms with Gasteiger partial charge >= 0.3 is 17.9 Å². The summed E-state index contributed by atoms with van der Waals surface area (Å²) in [5.41, 5.74) is 12.3. The van der Waals surface area contributed by atoms with Gasteiger partial charge in [-0.25, -0.2) is 4.79 Å². The molecule has 0 spiro atoms. The van der Waals surface area contributed by atoms with Crippen molar-refractivity contribution in [3.05, 3.63) is 36.0 Å². The fourth-order valence-corrected chi connectivity index (χ4v) is 5.99. The zero-order chi connectivity index (χ0) is 42.4. The van der Waals surface area contributed by atoms with Crippen LogP contribution in [0.4, 0.5) is 0 Å². The lowest BCUT2D eigenvalue weighted by molar-refractivity contribution is -0.147. The first-order chi connectivity index (χ1) is 26.9. The summed E-state index contributed by atoms with van der Waals surface area (Å²) in [6.07, 6.45) is -1.06. The van der Waals surface area contributed by atoms with Gasteiger partial charge in [0.15, 0.2) is 0 Å². The lowest BCUT2D eigenvalue weighted by Gasteiger charge is -2.28. The Morgan fingerprint density at radius 1 is 0.825 bits per heavy atom. The van der Waals surface area contributed by atoms with Crippen LogP contribution in [0, 0.1) is 0 Å². The van der Waals surface area contributed by atoms with Crippen molar-refractivity contribution in [1.29, 1.82) is 0 Å². The van der Waals surface area contributed by atoms with Crippen LogP contribution in [-0.4, -0.2) is 146 Å². The van der Waals surface area contributed by atoms with Crippen molar-refractivity contribution in [3.8, 4) is 0 Å². The Kier molecular flexibility index (Phi) is 16.4. The first-order valence-corrected chi connectivity index (χ1v) is 17.6. The van der Waals surface area contributed by atoms with E-state index in [1.54, 1.807) is 30.5 Å². The smallest absolute Gasteiger partial charge is 0.326 e. The van der Waals surface area contributed by atoms with Crippen molar-refractivity contribution in [2.24, 2.45) is 11.5 Å². The molecule has 0 bridgehead atoms. The molecule has 23 nitrogen and oxygen atoms in total. The maximum absolute atomic E-state index is 14.0. The lowest BCUT2D eigenvalue weighted by atomic mass is 10.0. The molecule has 1 aliphatic heterocycles. The van der Waals surface area contributed by atoms with E-state index in [-0.39, 0.29) is 19.4 Å². The predicted molar refractivity (Wildman–Crippen MR) is 193 cm³/mol. The Morgan fingerprint density at radius 2 is 1.49 bits per heavy atom. The monoisotopic (exact) mass is 803 g/mol. The van der Waals surface area contributed by atoms with Gasteiger partial charge in [0.25, 0.3) is 0 Å². The molecule has 23 heteroatoms. The van der Waals surface area contributed by atoms with Crippen LogP contribution in [0.15, 0.2) is 30.5 Å². The van der Waals surface area contributed by atoms with Crippen LogP contribution < -0.4 is 38.1 Å². The van der Waals surface area contributed by atoms with Gasteiger partial charge < -0.3 is 68.4 Å². The minimum atomic E-state index is -1.85. The third kappa shape index (κ3) is 13.3. The van der Waals surface area contributed by atoms with Crippen LogP contribution in [0.5, 0.6) is 0 Å². The second-order valence-electron chi connectivity index (χ2n) is 13.1.